The molecule has 3 heterocycles. The molecule has 1 aromatic heterocycles. The Hall–Kier alpha value is -1.38. The van der Waals surface area contributed by atoms with Crippen LogP contribution in [0.25, 0.3) is 0 Å². The first-order valence-corrected chi connectivity index (χ1v) is 9.81. The van der Waals surface area contributed by atoms with Crippen molar-refractivity contribution in [2.24, 2.45) is 11.1 Å². The Balaban J connectivity index is 1.83. The number of likely N-dealkylation sites (tertiary alicyclic amines) is 1. The van der Waals surface area contributed by atoms with E-state index >= 15 is 0 Å². The number of furan rings is 1. The topological polar surface area (TPSA) is 96.8 Å². The van der Waals surface area contributed by atoms with E-state index in [2.05, 4.69) is 6.92 Å². The summed E-state index contributed by atoms with van der Waals surface area (Å²) in [5, 5.41) is 0. The van der Waals surface area contributed by atoms with Crippen molar-refractivity contribution in [2.45, 2.75) is 38.0 Å². The largest absolute Gasteiger partial charge is 0.455 e. The zero-order valence-electron chi connectivity index (χ0n) is 14.2. The predicted octanol–water partition coefficient (Wildman–Crippen LogP) is 1.18. The van der Waals surface area contributed by atoms with Crippen molar-refractivity contribution in [2.75, 3.05) is 32.7 Å². The number of carbonyl (C=O) groups excluding carboxylic acids is 1. The van der Waals surface area contributed by atoms with Crippen LogP contribution in [0.1, 0.15) is 42.5 Å². The summed E-state index contributed by atoms with van der Waals surface area (Å²) >= 11 is 0. The monoisotopic (exact) mass is 355 g/mol. The lowest BCUT2D eigenvalue weighted by Gasteiger charge is -2.21. The number of rotatable bonds is 4. The SMILES string of the molecule is Cc1oc(C(=O)N2CCC(C)(CN)C2)cc1S(=O)(=O)N1CCCC1. The number of hydrogen-bond donors (Lipinski definition) is 1. The van der Waals surface area contributed by atoms with Crippen molar-refractivity contribution in [1.29, 1.82) is 0 Å². The molecule has 3 rings (SSSR count). The molecule has 0 aliphatic carbocycles. The molecule has 1 amide bonds. The lowest BCUT2D eigenvalue weighted by atomic mass is 9.90. The molecule has 24 heavy (non-hydrogen) atoms. The molecular formula is C16H25N3O4S. The van der Waals surface area contributed by atoms with Gasteiger partial charge in [-0.1, -0.05) is 6.92 Å². The number of hydrogen-bond acceptors (Lipinski definition) is 5. The van der Waals surface area contributed by atoms with Gasteiger partial charge in [0.15, 0.2) is 5.76 Å². The third kappa shape index (κ3) is 2.98. The summed E-state index contributed by atoms with van der Waals surface area (Å²) in [6.07, 6.45) is 2.58. The molecule has 1 unspecified atom stereocenters. The van der Waals surface area contributed by atoms with Gasteiger partial charge in [-0.05, 0) is 38.1 Å². The number of amides is 1. The second-order valence-electron chi connectivity index (χ2n) is 7.13. The average Bonchev–Trinajstić information content (AvgIpc) is 3.26. The van der Waals surface area contributed by atoms with E-state index in [0.717, 1.165) is 19.3 Å². The Bertz CT molecular complexity index is 737. The van der Waals surface area contributed by atoms with Crippen LogP contribution in [0.5, 0.6) is 0 Å². The highest BCUT2D eigenvalue weighted by molar-refractivity contribution is 7.89. The second-order valence-corrected chi connectivity index (χ2v) is 9.04. The first-order chi connectivity index (χ1) is 11.3. The fourth-order valence-corrected chi connectivity index (χ4v) is 5.09. The van der Waals surface area contributed by atoms with Gasteiger partial charge < -0.3 is 15.1 Å². The summed E-state index contributed by atoms with van der Waals surface area (Å²) in [4.78, 5) is 14.4. The van der Waals surface area contributed by atoms with Gasteiger partial charge in [-0.25, -0.2) is 8.42 Å². The Kier molecular flexibility index (Phi) is 4.48. The summed E-state index contributed by atoms with van der Waals surface area (Å²) in [7, 11) is -3.58. The highest BCUT2D eigenvalue weighted by Gasteiger charge is 2.37. The van der Waals surface area contributed by atoms with Crippen LogP contribution in [0.4, 0.5) is 0 Å². The maximum Gasteiger partial charge on any atom is 0.289 e. The van der Waals surface area contributed by atoms with Gasteiger partial charge in [-0.3, -0.25) is 4.79 Å². The Morgan fingerprint density at radius 3 is 2.58 bits per heavy atom. The van der Waals surface area contributed by atoms with Crippen molar-refractivity contribution < 1.29 is 17.6 Å². The first kappa shape index (κ1) is 17.4. The fourth-order valence-electron chi connectivity index (χ4n) is 3.41. The molecule has 2 aliphatic heterocycles. The first-order valence-electron chi connectivity index (χ1n) is 8.37. The van der Waals surface area contributed by atoms with Gasteiger partial charge in [0.1, 0.15) is 10.7 Å². The van der Waals surface area contributed by atoms with Gasteiger partial charge in [0, 0.05) is 32.2 Å². The van der Waals surface area contributed by atoms with E-state index in [1.807, 2.05) is 0 Å². The molecule has 0 saturated carbocycles. The smallest absolute Gasteiger partial charge is 0.289 e. The molecule has 0 aromatic carbocycles. The van der Waals surface area contributed by atoms with Crippen LogP contribution >= 0.6 is 0 Å². The zero-order valence-corrected chi connectivity index (χ0v) is 15.1. The van der Waals surface area contributed by atoms with Crippen molar-refractivity contribution in [1.82, 2.24) is 9.21 Å². The van der Waals surface area contributed by atoms with Crippen molar-refractivity contribution in [3.05, 3.63) is 17.6 Å². The third-order valence-corrected chi connectivity index (χ3v) is 7.11. The third-order valence-electron chi connectivity index (χ3n) is 5.10. The van der Waals surface area contributed by atoms with E-state index in [-0.39, 0.29) is 27.7 Å². The van der Waals surface area contributed by atoms with Crippen LogP contribution in [-0.4, -0.2) is 56.3 Å². The van der Waals surface area contributed by atoms with Crippen LogP contribution in [0.15, 0.2) is 15.4 Å². The minimum Gasteiger partial charge on any atom is -0.455 e. The highest BCUT2D eigenvalue weighted by atomic mass is 32.2. The maximum atomic E-state index is 12.7. The normalized spacial score (nSPS) is 25.5. The number of nitrogens with two attached hydrogens (primary N) is 1. The van der Waals surface area contributed by atoms with Crippen LogP contribution in [-0.2, 0) is 10.0 Å². The molecule has 2 saturated heterocycles. The lowest BCUT2D eigenvalue weighted by molar-refractivity contribution is 0.0744. The quantitative estimate of drug-likeness (QED) is 0.875. The second kappa shape index (κ2) is 6.16. The standard InChI is InChI=1S/C16H25N3O4S/c1-12-14(24(21,22)19-6-3-4-7-19)9-13(23-12)15(20)18-8-5-16(2,10-17)11-18/h9H,3-8,10-11,17H2,1-2H3. The molecule has 0 spiro atoms. The van der Waals surface area contributed by atoms with Crippen LogP contribution in [0.2, 0.25) is 0 Å². The van der Waals surface area contributed by atoms with E-state index in [1.165, 1.54) is 10.4 Å². The molecule has 2 fully saturated rings. The minimum absolute atomic E-state index is 0.0816. The molecule has 2 N–H and O–H groups in total. The number of nitrogens with zero attached hydrogens (tertiary/aromatic N) is 2. The van der Waals surface area contributed by atoms with E-state index < -0.39 is 10.0 Å². The predicted molar refractivity (Wildman–Crippen MR) is 89.1 cm³/mol. The van der Waals surface area contributed by atoms with Gasteiger partial charge in [0.05, 0.1) is 0 Å². The number of carbonyl (C=O) groups is 1. The molecule has 0 bridgehead atoms. The summed E-state index contributed by atoms with van der Waals surface area (Å²) in [6.45, 7) is 6.39. The van der Waals surface area contributed by atoms with Crippen LogP contribution < -0.4 is 5.73 Å². The molecule has 8 heteroatoms. The molecule has 134 valence electrons. The maximum absolute atomic E-state index is 12.7. The van der Waals surface area contributed by atoms with Gasteiger partial charge in [-0.15, -0.1) is 0 Å². The van der Waals surface area contributed by atoms with Crippen LogP contribution in [0, 0.1) is 12.3 Å². The van der Waals surface area contributed by atoms with Crippen molar-refractivity contribution >= 4 is 15.9 Å². The fraction of sp³-hybridized carbons (Fsp3) is 0.688. The Morgan fingerprint density at radius 1 is 1.33 bits per heavy atom. The molecular weight excluding hydrogens is 330 g/mol. The van der Waals surface area contributed by atoms with E-state index in [0.29, 0.717) is 32.7 Å². The summed E-state index contributed by atoms with van der Waals surface area (Å²) in [5.74, 6) is 0.0933. The zero-order chi connectivity index (χ0) is 17.5. The van der Waals surface area contributed by atoms with Gasteiger partial charge >= 0.3 is 0 Å². The van der Waals surface area contributed by atoms with E-state index in [9.17, 15) is 13.2 Å². The summed E-state index contributed by atoms with van der Waals surface area (Å²) < 4.78 is 32.3. The van der Waals surface area contributed by atoms with Crippen molar-refractivity contribution in [3.63, 3.8) is 0 Å². The molecule has 0 radical (unpaired) electrons. The molecule has 1 aromatic rings. The summed E-state index contributed by atoms with van der Waals surface area (Å²) in [6, 6.07) is 1.38. The molecule has 7 nitrogen and oxygen atoms in total. The average molecular weight is 355 g/mol. The van der Waals surface area contributed by atoms with E-state index in [1.54, 1.807) is 11.8 Å². The summed E-state index contributed by atoms with van der Waals surface area (Å²) in [5.41, 5.74) is 5.70. The molecule has 1 atom stereocenters. The van der Waals surface area contributed by atoms with Gasteiger partial charge in [0.25, 0.3) is 5.91 Å². The number of aryl methyl sites for hydroxylation is 1. The highest BCUT2D eigenvalue weighted by Crippen LogP contribution is 2.31. The van der Waals surface area contributed by atoms with Gasteiger partial charge in [0.2, 0.25) is 10.0 Å². The number of sulfonamides is 1. The minimum atomic E-state index is -3.58. The van der Waals surface area contributed by atoms with Crippen LogP contribution in [0.3, 0.4) is 0 Å². The van der Waals surface area contributed by atoms with Gasteiger partial charge in [-0.2, -0.15) is 4.31 Å². The van der Waals surface area contributed by atoms with Crippen molar-refractivity contribution in [3.8, 4) is 0 Å². The van der Waals surface area contributed by atoms with E-state index in [4.69, 9.17) is 10.2 Å². The Labute approximate surface area is 142 Å². The lowest BCUT2D eigenvalue weighted by Crippen LogP contribution is -2.34. The Morgan fingerprint density at radius 2 is 2.00 bits per heavy atom. The molecule has 2 aliphatic rings.